The minimum absolute atomic E-state index is 0.0724. The van der Waals surface area contributed by atoms with Gasteiger partial charge in [-0.25, -0.2) is 13.2 Å². The highest BCUT2D eigenvalue weighted by atomic mass is 32.2. The topological polar surface area (TPSA) is 108 Å². The van der Waals surface area contributed by atoms with Crippen LogP contribution in [-0.2, 0) is 30.8 Å². The van der Waals surface area contributed by atoms with Crippen molar-refractivity contribution in [2.45, 2.75) is 54.7 Å². The van der Waals surface area contributed by atoms with E-state index in [9.17, 15) is 26.4 Å². The van der Waals surface area contributed by atoms with Gasteiger partial charge in [0.25, 0.3) is 0 Å². The van der Waals surface area contributed by atoms with Gasteiger partial charge in [0, 0.05) is 32.5 Å². The van der Waals surface area contributed by atoms with Crippen LogP contribution >= 0.6 is 0 Å². The fourth-order valence-corrected chi connectivity index (χ4v) is 6.06. The number of hydrogen-bond acceptors (Lipinski definition) is 8. The molecule has 4 rings (SSSR count). The number of carbonyl (C=O) groups is 1. The predicted octanol–water partition coefficient (Wildman–Crippen LogP) is 3.62. The molecule has 1 aromatic heterocycles. The Hall–Kier alpha value is -2.94. The number of carbonyl (C=O) groups excluding carboxylic acids is 1. The summed E-state index contributed by atoms with van der Waals surface area (Å²) in [6, 6.07) is 9.23. The SMILES string of the molecule is COc1ccc(COCC(OC(=O)N2CCC3(CC2)CC(N(C)S(=O)(=O)c2cccnc2)CO3)C(F)(F)F)cc1. The molecule has 220 valence electrons. The highest BCUT2D eigenvalue weighted by Gasteiger charge is 2.48. The summed E-state index contributed by atoms with van der Waals surface area (Å²) in [4.78, 5) is 17.8. The number of amides is 1. The number of alkyl halides is 3. The van der Waals surface area contributed by atoms with Crippen LogP contribution < -0.4 is 4.74 Å². The van der Waals surface area contributed by atoms with Crippen LogP contribution in [0.15, 0.2) is 53.7 Å². The van der Waals surface area contributed by atoms with E-state index in [1.54, 1.807) is 30.3 Å². The van der Waals surface area contributed by atoms with Gasteiger partial charge >= 0.3 is 12.3 Å². The van der Waals surface area contributed by atoms with E-state index in [-0.39, 0.29) is 31.2 Å². The molecule has 14 heteroatoms. The smallest absolute Gasteiger partial charge is 0.427 e. The van der Waals surface area contributed by atoms with Crippen molar-refractivity contribution < 1.29 is 45.3 Å². The van der Waals surface area contributed by atoms with E-state index in [4.69, 9.17) is 18.9 Å². The molecule has 1 amide bonds. The number of likely N-dealkylation sites (tertiary alicyclic amines) is 1. The maximum absolute atomic E-state index is 13.6. The zero-order valence-corrected chi connectivity index (χ0v) is 23.0. The van der Waals surface area contributed by atoms with E-state index in [2.05, 4.69) is 4.98 Å². The van der Waals surface area contributed by atoms with Crippen molar-refractivity contribution in [3.8, 4) is 5.75 Å². The number of halogens is 3. The molecule has 2 fully saturated rings. The molecule has 3 heterocycles. The number of rotatable bonds is 9. The van der Waals surface area contributed by atoms with E-state index in [0.29, 0.717) is 30.6 Å². The van der Waals surface area contributed by atoms with Crippen molar-refractivity contribution in [1.29, 1.82) is 0 Å². The van der Waals surface area contributed by atoms with Crippen LogP contribution in [0.3, 0.4) is 0 Å². The number of pyridine rings is 1. The summed E-state index contributed by atoms with van der Waals surface area (Å²) in [6.45, 7) is -0.544. The van der Waals surface area contributed by atoms with Gasteiger partial charge in [0.2, 0.25) is 16.1 Å². The van der Waals surface area contributed by atoms with Crippen LogP contribution in [0.2, 0.25) is 0 Å². The van der Waals surface area contributed by atoms with Crippen molar-refractivity contribution in [2.24, 2.45) is 0 Å². The zero-order chi connectivity index (χ0) is 29.0. The molecule has 2 atom stereocenters. The molecule has 1 aromatic carbocycles. The zero-order valence-electron chi connectivity index (χ0n) is 22.2. The van der Waals surface area contributed by atoms with Crippen LogP contribution in [0.5, 0.6) is 5.75 Å². The molecule has 2 aliphatic heterocycles. The van der Waals surface area contributed by atoms with E-state index >= 15 is 0 Å². The first kappa shape index (κ1) is 30.0. The van der Waals surface area contributed by atoms with Gasteiger partial charge in [-0.15, -0.1) is 0 Å². The average Bonchev–Trinajstić information content (AvgIpc) is 3.35. The standard InChI is InChI=1S/C26H32F3N3O7S/c1-31(40(34,35)22-4-3-11-30-15-22)20-14-25(38-17-20)9-12-32(13-10-25)24(33)39-23(26(27,28)29)18-37-16-19-5-7-21(36-2)8-6-19/h3-8,11,15,20,23H,9-10,12-14,16-18H2,1-2H3. The van der Waals surface area contributed by atoms with Crippen molar-refractivity contribution in [3.05, 3.63) is 54.4 Å². The summed E-state index contributed by atoms with van der Waals surface area (Å²) in [5.74, 6) is 0.606. The Kier molecular flexibility index (Phi) is 9.22. The minimum atomic E-state index is -4.81. The number of benzene rings is 1. The lowest BCUT2D eigenvalue weighted by atomic mass is 9.87. The second-order valence-corrected chi connectivity index (χ2v) is 11.8. The van der Waals surface area contributed by atoms with Crippen molar-refractivity contribution in [3.63, 3.8) is 0 Å². The lowest BCUT2D eigenvalue weighted by Crippen LogP contribution is -2.49. The fraction of sp³-hybridized carbons (Fsp3) is 0.538. The van der Waals surface area contributed by atoms with Gasteiger partial charge in [0.15, 0.2) is 0 Å². The van der Waals surface area contributed by atoms with Gasteiger partial charge in [0.1, 0.15) is 10.6 Å². The van der Waals surface area contributed by atoms with Crippen LogP contribution in [0.4, 0.5) is 18.0 Å². The van der Waals surface area contributed by atoms with Crippen LogP contribution in [0.1, 0.15) is 24.8 Å². The monoisotopic (exact) mass is 587 g/mol. The average molecular weight is 588 g/mol. The Morgan fingerprint density at radius 3 is 2.52 bits per heavy atom. The molecule has 0 radical (unpaired) electrons. The number of hydrogen-bond donors (Lipinski definition) is 0. The number of aromatic nitrogens is 1. The molecule has 10 nitrogen and oxygen atoms in total. The number of sulfonamides is 1. The first-order valence-corrected chi connectivity index (χ1v) is 14.1. The molecule has 0 aliphatic carbocycles. The van der Waals surface area contributed by atoms with E-state index in [1.807, 2.05) is 0 Å². The van der Waals surface area contributed by atoms with Crippen molar-refractivity contribution in [2.75, 3.05) is 40.5 Å². The molecule has 40 heavy (non-hydrogen) atoms. The summed E-state index contributed by atoms with van der Waals surface area (Å²) in [5, 5.41) is 0. The summed E-state index contributed by atoms with van der Waals surface area (Å²) in [5.41, 5.74) is -0.0337. The highest BCUT2D eigenvalue weighted by molar-refractivity contribution is 7.89. The molecule has 2 aliphatic rings. The number of ether oxygens (including phenoxy) is 4. The first-order valence-electron chi connectivity index (χ1n) is 12.7. The van der Waals surface area contributed by atoms with E-state index in [0.717, 1.165) is 0 Å². The van der Waals surface area contributed by atoms with Crippen LogP contribution in [-0.4, -0.2) is 93.1 Å². The third-order valence-electron chi connectivity index (χ3n) is 7.25. The van der Waals surface area contributed by atoms with Gasteiger partial charge in [-0.1, -0.05) is 12.1 Å². The lowest BCUT2D eigenvalue weighted by Gasteiger charge is -2.38. The third kappa shape index (κ3) is 7.03. The van der Waals surface area contributed by atoms with Gasteiger partial charge in [-0.2, -0.15) is 17.5 Å². The number of piperidine rings is 1. The first-order chi connectivity index (χ1) is 18.9. The molecule has 2 saturated heterocycles. The minimum Gasteiger partial charge on any atom is -0.497 e. The molecule has 0 saturated carbocycles. The Morgan fingerprint density at radius 1 is 1.23 bits per heavy atom. The Labute approximate surface area is 231 Å². The summed E-state index contributed by atoms with van der Waals surface area (Å²) in [6.07, 6.45) is -4.48. The van der Waals surface area contributed by atoms with Crippen molar-refractivity contribution >= 4 is 16.1 Å². The third-order valence-corrected chi connectivity index (χ3v) is 9.15. The lowest BCUT2D eigenvalue weighted by molar-refractivity contribution is -0.220. The maximum atomic E-state index is 13.6. The summed E-state index contributed by atoms with van der Waals surface area (Å²) >= 11 is 0. The molecular weight excluding hydrogens is 555 g/mol. The molecule has 0 bridgehead atoms. The van der Waals surface area contributed by atoms with Crippen molar-refractivity contribution in [1.82, 2.24) is 14.2 Å². The Morgan fingerprint density at radius 2 is 1.93 bits per heavy atom. The van der Waals surface area contributed by atoms with Gasteiger partial charge in [-0.05, 0) is 49.1 Å². The highest BCUT2D eigenvalue weighted by Crippen LogP contribution is 2.39. The van der Waals surface area contributed by atoms with Gasteiger partial charge in [-0.3, -0.25) is 4.98 Å². The quantitative estimate of drug-likeness (QED) is 0.438. The van der Waals surface area contributed by atoms with Gasteiger partial charge in [0.05, 0.1) is 38.6 Å². The molecule has 2 unspecified atom stereocenters. The van der Waals surface area contributed by atoms with Gasteiger partial charge < -0.3 is 23.8 Å². The molecule has 2 aromatic rings. The predicted molar refractivity (Wildman–Crippen MR) is 136 cm³/mol. The van der Waals surface area contributed by atoms with E-state index < -0.39 is 46.6 Å². The largest absolute Gasteiger partial charge is 0.497 e. The Balaban J connectivity index is 1.28. The van der Waals surface area contributed by atoms with Crippen LogP contribution in [0.25, 0.3) is 0 Å². The number of likely N-dealkylation sites (N-methyl/N-ethyl adjacent to an activating group) is 1. The molecule has 1 spiro atoms. The molecular formula is C26H32F3N3O7S. The second-order valence-electron chi connectivity index (χ2n) is 9.83. The Bertz CT molecular complexity index is 1240. The summed E-state index contributed by atoms with van der Waals surface area (Å²) in [7, 11) is -0.790. The fourth-order valence-electron chi connectivity index (χ4n) is 4.76. The number of methoxy groups -OCH3 is 1. The van der Waals surface area contributed by atoms with E-state index in [1.165, 1.54) is 41.8 Å². The summed E-state index contributed by atoms with van der Waals surface area (Å²) < 4.78 is 89.0. The molecule has 0 N–H and O–H groups in total. The normalized spacial score (nSPS) is 20.1. The second kappa shape index (κ2) is 12.3. The maximum Gasteiger partial charge on any atom is 0.427 e. The number of nitrogens with zero attached hydrogens (tertiary/aromatic N) is 3. The van der Waals surface area contributed by atoms with Crippen LogP contribution in [0, 0.1) is 0 Å².